The summed E-state index contributed by atoms with van der Waals surface area (Å²) in [5.41, 5.74) is 5.48. The molecule has 0 fully saturated rings. The average Bonchev–Trinajstić information content (AvgIpc) is 2.83. The van der Waals surface area contributed by atoms with Gasteiger partial charge in [-0.2, -0.15) is 0 Å². The molecule has 88 valence electrons. The van der Waals surface area contributed by atoms with Crippen LogP contribution in [0, 0.1) is 0 Å². The molecule has 0 nitrogen and oxygen atoms in total. The van der Waals surface area contributed by atoms with Crippen LogP contribution in [0.5, 0.6) is 0 Å². The van der Waals surface area contributed by atoms with E-state index in [9.17, 15) is 0 Å². The Bertz CT molecular complexity index is 588. The van der Waals surface area contributed by atoms with Gasteiger partial charge in [0.25, 0.3) is 0 Å². The van der Waals surface area contributed by atoms with Crippen LogP contribution in [0.2, 0.25) is 0 Å². The van der Waals surface area contributed by atoms with Gasteiger partial charge in [0.2, 0.25) is 0 Å². The van der Waals surface area contributed by atoms with Crippen molar-refractivity contribution >= 4 is 5.57 Å². The molecule has 0 heterocycles. The average molecular weight is 232 g/mol. The summed E-state index contributed by atoms with van der Waals surface area (Å²) in [6.07, 6.45) is 4.55. The zero-order valence-corrected chi connectivity index (χ0v) is 10.5. The van der Waals surface area contributed by atoms with Gasteiger partial charge >= 0.3 is 0 Å². The fourth-order valence-electron chi connectivity index (χ4n) is 2.60. The topological polar surface area (TPSA) is 0 Å². The van der Waals surface area contributed by atoms with Gasteiger partial charge in [0.15, 0.2) is 0 Å². The summed E-state index contributed by atoms with van der Waals surface area (Å²) < 4.78 is 0. The van der Waals surface area contributed by atoms with E-state index in [4.69, 9.17) is 0 Å². The van der Waals surface area contributed by atoms with E-state index >= 15 is 0 Å². The van der Waals surface area contributed by atoms with Gasteiger partial charge in [-0.25, -0.2) is 0 Å². The molecule has 1 aliphatic rings. The zero-order valence-electron chi connectivity index (χ0n) is 10.5. The second-order valence-corrected chi connectivity index (χ2v) is 4.71. The van der Waals surface area contributed by atoms with Gasteiger partial charge in [-0.1, -0.05) is 78.4 Å². The van der Waals surface area contributed by atoms with E-state index in [-0.39, 0.29) is 0 Å². The largest absolute Gasteiger partial charge is 0.0723 e. The third kappa shape index (κ3) is 1.91. The van der Waals surface area contributed by atoms with E-state index in [1.165, 1.54) is 22.3 Å². The number of hydrogen-bond donors (Lipinski definition) is 0. The number of benzene rings is 2. The highest BCUT2D eigenvalue weighted by Gasteiger charge is 2.18. The predicted molar refractivity (Wildman–Crippen MR) is 77.4 cm³/mol. The van der Waals surface area contributed by atoms with Crippen molar-refractivity contribution in [1.29, 1.82) is 0 Å². The maximum absolute atomic E-state index is 2.30. The lowest BCUT2D eigenvalue weighted by molar-refractivity contribution is 1.02. The van der Waals surface area contributed by atoms with Gasteiger partial charge in [-0.15, -0.1) is 0 Å². The van der Waals surface area contributed by atoms with Gasteiger partial charge in [0.05, 0.1) is 0 Å². The SMILES string of the molecule is CC1=C(c2ccccc2)C=CC1c1ccccc1. The fraction of sp³-hybridized carbons (Fsp3) is 0.111. The van der Waals surface area contributed by atoms with Crippen LogP contribution in [0.25, 0.3) is 5.57 Å². The van der Waals surface area contributed by atoms with Crippen LogP contribution in [0.1, 0.15) is 24.0 Å². The molecule has 1 aliphatic carbocycles. The molecular formula is C18H16. The summed E-state index contributed by atoms with van der Waals surface area (Å²) in [7, 11) is 0. The molecule has 0 aliphatic heterocycles. The van der Waals surface area contributed by atoms with Crippen LogP contribution in [-0.4, -0.2) is 0 Å². The second-order valence-electron chi connectivity index (χ2n) is 4.71. The molecule has 2 aromatic rings. The molecule has 0 saturated heterocycles. The van der Waals surface area contributed by atoms with Crippen molar-refractivity contribution in [1.82, 2.24) is 0 Å². The monoisotopic (exact) mass is 232 g/mol. The molecule has 0 aromatic heterocycles. The third-order valence-corrected chi connectivity index (χ3v) is 3.59. The summed E-state index contributed by atoms with van der Waals surface area (Å²) in [6.45, 7) is 2.24. The Kier molecular flexibility index (Phi) is 2.85. The van der Waals surface area contributed by atoms with Gasteiger partial charge < -0.3 is 0 Å². The normalized spacial score (nSPS) is 18.4. The first-order valence-electron chi connectivity index (χ1n) is 6.35. The Labute approximate surface area is 108 Å². The Hall–Kier alpha value is -2.08. The summed E-state index contributed by atoms with van der Waals surface area (Å²) in [5, 5.41) is 0. The Morgan fingerprint density at radius 1 is 0.778 bits per heavy atom. The molecule has 1 unspecified atom stereocenters. The Morgan fingerprint density at radius 3 is 2.06 bits per heavy atom. The minimum Gasteiger partial charge on any atom is -0.0723 e. The minimum absolute atomic E-state index is 0.432. The van der Waals surface area contributed by atoms with Crippen molar-refractivity contribution in [2.24, 2.45) is 0 Å². The second kappa shape index (κ2) is 4.66. The van der Waals surface area contributed by atoms with Gasteiger partial charge in [-0.05, 0) is 23.6 Å². The van der Waals surface area contributed by atoms with Crippen molar-refractivity contribution in [3.8, 4) is 0 Å². The maximum Gasteiger partial charge on any atom is 0.0238 e. The molecule has 0 heteroatoms. The predicted octanol–water partition coefficient (Wildman–Crippen LogP) is 4.81. The van der Waals surface area contributed by atoms with Crippen LogP contribution in [0.15, 0.2) is 78.4 Å². The summed E-state index contributed by atoms with van der Waals surface area (Å²) in [5.74, 6) is 0.432. The van der Waals surface area contributed by atoms with Gasteiger partial charge in [-0.3, -0.25) is 0 Å². The lowest BCUT2D eigenvalue weighted by Crippen LogP contribution is -1.94. The van der Waals surface area contributed by atoms with Gasteiger partial charge in [0.1, 0.15) is 0 Å². The van der Waals surface area contributed by atoms with E-state index in [1.54, 1.807) is 0 Å². The fourth-order valence-corrected chi connectivity index (χ4v) is 2.60. The molecule has 1 atom stereocenters. The van der Waals surface area contributed by atoms with E-state index in [1.807, 2.05) is 0 Å². The minimum atomic E-state index is 0.432. The summed E-state index contributed by atoms with van der Waals surface area (Å²) in [4.78, 5) is 0. The van der Waals surface area contributed by atoms with Crippen LogP contribution in [-0.2, 0) is 0 Å². The lowest BCUT2D eigenvalue weighted by Gasteiger charge is -2.12. The van der Waals surface area contributed by atoms with Crippen LogP contribution in [0.3, 0.4) is 0 Å². The first-order chi connectivity index (χ1) is 8.86. The van der Waals surface area contributed by atoms with Crippen molar-refractivity contribution in [2.45, 2.75) is 12.8 Å². The first kappa shape index (κ1) is 11.0. The molecule has 3 rings (SSSR count). The van der Waals surface area contributed by atoms with E-state index in [2.05, 4.69) is 79.7 Å². The number of rotatable bonds is 2. The van der Waals surface area contributed by atoms with Crippen LogP contribution in [0.4, 0.5) is 0 Å². The highest BCUT2D eigenvalue weighted by Crippen LogP contribution is 2.37. The van der Waals surface area contributed by atoms with Crippen LogP contribution >= 0.6 is 0 Å². The molecule has 0 amide bonds. The number of allylic oxidation sites excluding steroid dienone is 4. The third-order valence-electron chi connectivity index (χ3n) is 3.59. The zero-order chi connectivity index (χ0) is 12.4. The molecule has 0 saturated carbocycles. The quantitative estimate of drug-likeness (QED) is 0.696. The Morgan fingerprint density at radius 2 is 1.39 bits per heavy atom. The maximum atomic E-state index is 2.30. The molecular weight excluding hydrogens is 216 g/mol. The smallest absolute Gasteiger partial charge is 0.0238 e. The van der Waals surface area contributed by atoms with Crippen molar-refractivity contribution in [3.63, 3.8) is 0 Å². The molecule has 0 bridgehead atoms. The van der Waals surface area contributed by atoms with E-state index in [0.29, 0.717) is 5.92 Å². The number of hydrogen-bond acceptors (Lipinski definition) is 0. The van der Waals surface area contributed by atoms with E-state index in [0.717, 1.165) is 0 Å². The highest BCUT2D eigenvalue weighted by atomic mass is 14.2. The van der Waals surface area contributed by atoms with Crippen LogP contribution < -0.4 is 0 Å². The first-order valence-corrected chi connectivity index (χ1v) is 6.35. The lowest BCUT2D eigenvalue weighted by atomic mass is 9.92. The summed E-state index contributed by atoms with van der Waals surface area (Å²) >= 11 is 0. The molecule has 0 radical (unpaired) electrons. The molecule has 0 spiro atoms. The molecule has 18 heavy (non-hydrogen) atoms. The molecule has 2 aromatic carbocycles. The standard InChI is InChI=1S/C18H16/c1-14-17(15-8-4-2-5-9-15)12-13-18(14)16-10-6-3-7-11-16/h2-13,17H,1H3. The van der Waals surface area contributed by atoms with Crippen molar-refractivity contribution in [3.05, 3.63) is 89.5 Å². The molecule has 0 N–H and O–H groups in total. The highest BCUT2D eigenvalue weighted by molar-refractivity contribution is 5.81. The van der Waals surface area contributed by atoms with Crippen molar-refractivity contribution in [2.75, 3.05) is 0 Å². The van der Waals surface area contributed by atoms with E-state index < -0.39 is 0 Å². The summed E-state index contributed by atoms with van der Waals surface area (Å²) in [6, 6.07) is 21.3. The van der Waals surface area contributed by atoms with Gasteiger partial charge in [0, 0.05) is 5.92 Å². The Balaban J connectivity index is 2.00. The van der Waals surface area contributed by atoms with Crippen molar-refractivity contribution < 1.29 is 0 Å².